The van der Waals surface area contributed by atoms with Crippen molar-refractivity contribution in [2.75, 3.05) is 12.4 Å². The maximum absolute atomic E-state index is 11.8. The van der Waals surface area contributed by atoms with Gasteiger partial charge in [0.1, 0.15) is 6.54 Å². The van der Waals surface area contributed by atoms with Crippen molar-refractivity contribution in [2.45, 2.75) is 45.1 Å². The summed E-state index contributed by atoms with van der Waals surface area (Å²) >= 11 is 0. The summed E-state index contributed by atoms with van der Waals surface area (Å²) in [4.78, 5) is 23.0. The molecule has 1 saturated carbocycles. The first kappa shape index (κ1) is 14.6. The fourth-order valence-electron chi connectivity index (χ4n) is 2.60. The third-order valence-corrected chi connectivity index (χ3v) is 3.76. The van der Waals surface area contributed by atoms with Crippen LogP contribution in [0.1, 0.15) is 38.5 Å². The number of carbonyl (C=O) groups is 2. The van der Waals surface area contributed by atoms with Crippen molar-refractivity contribution in [3.8, 4) is 0 Å². The second-order valence-electron chi connectivity index (χ2n) is 5.34. The first-order chi connectivity index (χ1) is 9.67. The van der Waals surface area contributed by atoms with Crippen molar-refractivity contribution in [1.82, 2.24) is 15.1 Å². The van der Waals surface area contributed by atoms with Gasteiger partial charge in [0.25, 0.3) is 0 Å². The quantitative estimate of drug-likeness (QED) is 0.828. The molecule has 2 rings (SSSR count). The summed E-state index contributed by atoms with van der Waals surface area (Å²) < 4.78 is 1.51. The van der Waals surface area contributed by atoms with Gasteiger partial charge in [-0.15, -0.1) is 0 Å². The van der Waals surface area contributed by atoms with Crippen LogP contribution in [0.3, 0.4) is 0 Å². The second-order valence-corrected chi connectivity index (χ2v) is 5.34. The maximum Gasteiger partial charge on any atom is 0.241 e. The summed E-state index contributed by atoms with van der Waals surface area (Å²) in [7, 11) is 1.58. The number of amides is 2. The number of anilines is 1. The zero-order chi connectivity index (χ0) is 14.4. The molecule has 6 nitrogen and oxygen atoms in total. The molecule has 0 bridgehead atoms. The molecule has 6 heteroatoms. The van der Waals surface area contributed by atoms with E-state index in [2.05, 4.69) is 15.7 Å². The van der Waals surface area contributed by atoms with Gasteiger partial charge in [0.05, 0.1) is 11.9 Å². The first-order valence-electron chi connectivity index (χ1n) is 7.20. The van der Waals surface area contributed by atoms with Crippen molar-refractivity contribution in [1.29, 1.82) is 0 Å². The number of hydrogen-bond donors (Lipinski definition) is 2. The van der Waals surface area contributed by atoms with Gasteiger partial charge in [-0.1, -0.05) is 25.7 Å². The molecule has 2 N–H and O–H groups in total. The Morgan fingerprint density at radius 3 is 2.80 bits per heavy atom. The number of hydrogen-bond acceptors (Lipinski definition) is 3. The van der Waals surface area contributed by atoms with E-state index in [0.29, 0.717) is 12.1 Å². The Morgan fingerprint density at radius 2 is 2.10 bits per heavy atom. The van der Waals surface area contributed by atoms with Crippen LogP contribution in [0.4, 0.5) is 5.69 Å². The van der Waals surface area contributed by atoms with Gasteiger partial charge >= 0.3 is 0 Å². The van der Waals surface area contributed by atoms with E-state index in [1.165, 1.54) is 30.4 Å². The van der Waals surface area contributed by atoms with Gasteiger partial charge in [-0.05, 0) is 12.3 Å². The fraction of sp³-hybridized carbons (Fsp3) is 0.643. The lowest BCUT2D eigenvalue weighted by molar-refractivity contribution is -0.121. The molecule has 0 unspecified atom stereocenters. The van der Waals surface area contributed by atoms with Crippen molar-refractivity contribution in [2.24, 2.45) is 5.92 Å². The number of carbonyl (C=O) groups excluding carboxylic acids is 2. The van der Waals surface area contributed by atoms with Crippen molar-refractivity contribution >= 4 is 17.5 Å². The van der Waals surface area contributed by atoms with E-state index in [0.717, 1.165) is 12.3 Å². The minimum atomic E-state index is -0.118. The van der Waals surface area contributed by atoms with Crippen LogP contribution in [0.15, 0.2) is 12.4 Å². The average molecular weight is 278 g/mol. The molecule has 2 amide bonds. The third-order valence-electron chi connectivity index (χ3n) is 3.76. The Hall–Kier alpha value is -1.85. The van der Waals surface area contributed by atoms with Gasteiger partial charge < -0.3 is 10.6 Å². The zero-order valence-corrected chi connectivity index (χ0v) is 11.9. The molecule has 1 aromatic rings. The zero-order valence-electron chi connectivity index (χ0n) is 11.9. The molecular weight excluding hydrogens is 256 g/mol. The van der Waals surface area contributed by atoms with Crippen LogP contribution in [0, 0.1) is 5.92 Å². The molecule has 1 aliphatic rings. The smallest absolute Gasteiger partial charge is 0.241 e. The summed E-state index contributed by atoms with van der Waals surface area (Å²) in [5.41, 5.74) is 0.644. The lowest BCUT2D eigenvalue weighted by atomic mass is 10.0. The number of nitrogens with one attached hydrogen (secondary N) is 2. The Bertz CT molecular complexity index is 463. The minimum Gasteiger partial charge on any atom is -0.358 e. The highest BCUT2D eigenvalue weighted by Crippen LogP contribution is 2.28. The van der Waals surface area contributed by atoms with Crippen LogP contribution in [0.25, 0.3) is 0 Å². The molecular formula is C14H22N4O2. The molecule has 0 spiro atoms. The highest BCUT2D eigenvalue weighted by molar-refractivity contribution is 5.90. The van der Waals surface area contributed by atoms with Crippen molar-refractivity contribution in [3.05, 3.63) is 12.4 Å². The third kappa shape index (κ3) is 4.36. The molecule has 0 saturated heterocycles. The standard InChI is InChI=1S/C14H22N4O2/c1-15-14(20)10-18-9-12(8-16-18)17-13(19)7-6-11-4-2-3-5-11/h8-9,11H,2-7,10H2,1H3,(H,15,20)(H,17,19). The average Bonchev–Trinajstić information content (AvgIpc) is 3.08. The molecule has 1 aliphatic carbocycles. The van der Waals surface area contributed by atoms with Crippen LogP contribution in [-0.2, 0) is 16.1 Å². The molecule has 0 aromatic carbocycles. The molecule has 1 heterocycles. The van der Waals surface area contributed by atoms with Crippen LogP contribution in [0.2, 0.25) is 0 Å². The number of rotatable bonds is 6. The largest absolute Gasteiger partial charge is 0.358 e. The second kappa shape index (κ2) is 7.07. The van der Waals surface area contributed by atoms with Crippen LogP contribution in [0.5, 0.6) is 0 Å². The predicted molar refractivity (Wildman–Crippen MR) is 76.1 cm³/mol. The van der Waals surface area contributed by atoms with E-state index in [1.54, 1.807) is 19.4 Å². The number of likely N-dealkylation sites (N-methyl/N-ethyl adjacent to an activating group) is 1. The van der Waals surface area contributed by atoms with Crippen LogP contribution in [-0.4, -0.2) is 28.6 Å². The molecule has 110 valence electrons. The normalized spacial score (nSPS) is 15.2. The molecule has 0 atom stereocenters. The highest BCUT2D eigenvalue weighted by atomic mass is 16.2. The Kier molecular flexibility index (Phi) is 5.15. The van der Waals surface area contributed by atoms with Gasteiger partial charge in [-0.2, -0.15) is 5.10 Å². The summed E-state index contributed by atoms with van der Waals surface area (Å²) in [6.45, 7) is 0.161. The van der Waals surface area contributed by atoms with Gasteiger partial charge in [0.15, 0.2) is 0 Å². The SMILES string of the molecule is CNC(=O)Cn1cc(NC(=O)CCC2CCCC2)cn1. The molecule has 1 fully saturated rings. The summed E-state index contributed by atoms with van der Waals surface area (Å²) in [5, 5.41) is 9.39. The molecule has 1 aromatic heterocycles. The lowest BCUT2D eigenvalue weighted by Crippen LogP contribution is -2.23. The topological polar surface area (TPSA) is 76.0 Å². The van der Waals surface area contributed by atoms with E-state index in [1.807, 2.05) is 0 Å². The van der Waals surface area contributed by atoms with E-state index in [9.17, 15) is 9.59 Å². The Labute approximate surface area is 118 Å². The van der Waals surface area contributed by atoms with Gasteiger partial charge in [-0.3, -0.25) is 14.3 Å². The Balaban J connectivity index is 1.74. The lowest BCUT2D eigenvalue weighted by Gasteiger charge is -2.07. The van der Waals surface area contributed by atoms with Gasteiger partial charge in [-0.25, -0.2) is 0 Å². The maximum atomic E-state index is 11.8. The van der Waals surface area contributed by atoms with E-state index < -0.39 is 0 Å². The Morgan fingerprint density at radius 1 is 1.35 bits per heavy atom. The number of nitrogens with zero attached hydrogens (tertiary/aromatic N) is 2. The predicted octanol–water partition coefficient (Wildman–Crippen LogP) is 1.54. The monoisotopic (exact) mass is 278 g/mol. The van der Waals surface area contributed by atoms with Crippen LogP contribution >= 0.6 is 0 Å². The van der Waals surface area contributed by atoms with E-state index in [-0.39, 0.29) is 18.4 Å². The molecule has 0 radical (unpaired) electrons. The summed E-state index contributed by atoms with van der Waals surface area (Å²) in [6, 6.07) is 0. The summed E-state index contributed by atoms with van der Waals surface area (Å²) in [6.07, 6.45) is 9.90. The van der Waals surface area contributed by atoms with Gasteiger partial charge in [0, 0.05) is 19.7 Å². The van der Waals surface area contributed by atoms with E-state index >= 15 is 0 Å². The number of aromatic nitrogens is 2. The highest BCUT2D eigenvalue weighted by Gasteiger charge is 2.16. The molecule has 0 aliphatic heterocycles. The van der Waals surface area contributed by atoms with Crippen molar-refractivity contribution < 1.29 is 9.59 Å². The minimum absolute atomic E-state index is 0.0244. The van der Waals surface area contributed by atoms with Crippen LogP contribution < -0.4 is 10.6 Å². The summed E-state index contributed by atoms with van der Waals surface area (Å²) in [5.74, 6) is 0.625. The molecule has 20 heavy (non-hydrogen) atoms. The van der Waals surface area contributed by atoms with E-state index in [4.69, 9.17) is 0 Å². The van der Waals surface area contributed by atoms with Gasteiger partial charge in [0.2, 0.25) is 11.8 Å². The fourth-order valence-corrected chi connectivity index (χ4v) is 2.60. The first-order valence-corrected chi connectivity index (χ1v) is 7.20. The van der Waals surface area contributed by atoms with Crippen molar-refractivity contribution in [3.63, 3.8) is 0 Å².